The van der Waals surface area contributed by atoms with Crippen molar-refractivity contribution >= 4 is 17.9 Å². The number of anilines is 1. The molecule has 2 aliphatic heterocycles. The average molecular weight is 372 g/mol. The monoisotopic (exact) mass is 371 g/mol. The molecule has 1 amide bonds. The predicted octanol–water partition coefficient (Wildman–Crippen LogP) is 3.32. The topological polar surface area (TPSA) is 43.9 Å². The van der Waals surface area contributed by atoms with Gasteiger partial charge in [-0.2, -0.15) is 0 Å². The van der Waals surface area contributed by atoms with Crippen LogP contribution in [0.15, 0.2) is 18.2 Å². The lowest BCUT2D eigenvalue weighted by Crippen LogP contribution is -2.46. The molecule has 0 saturated carbocycles. The molecule has 1 saturated heterocycles. The van der Waals surface area contributed by atoms with E-state index < -0.39 is 0 Å². The first-order valence-electron chi connectivity index (χ1n) is 10.5. The van der Waals surface area contributed by atoms with E-state index in [1.54, 1.807) is 0 Å². The highest BCUT2D eigenvalue weighted by Crippen LogP contribution is 2.30. The van der Waals surface area contributed by atoms with Gasteiger partial charge in [0, 0.05) is 56.4 Å². The number of hydrogen-bond acceptors (Lipinski definition) is 4. The van der Waals surface area contributed by atoms with Gasteiger partial charge in [0.1, 0.15) is 6.29 Å². The van der Waals surface area contributed by atoms with Crippen molar-refractivity contribution in [2.75, 3.05) is 37.6 Å². The first kappa shape index (κ1) is 19.9. The lowest BCUT2D eigenvalue weighted by Gasteiger charge is -2.36. The quantitative estimate of drug-likeness (QED) is 0.493. The van der Waals surface area contributed by atoms with Gasteiger partial charge in [0.15, 0.2) is 0 Å². The summed E-state index contributed by atoms with van der Waals surface area (Å²) in [6, 6.07) is 6.68. The molecule has 2 heterocycles. The van der Waals surface area contributed by atoms with Crippen LogP contribution < -0.4 is 4.90 Å². The minimum Gasteiger partial charge on any atom is -0.369 e. The normalized spacial score (nSPS) is 18.7. The van der Waals surface area contributed by atoms with Crippen molar-refractivity contribution in [1.82, 2.24) is 9.80 Å². The van der Waals surface area contributed by atoms with Crippen LogP contribution in [0.25, 0.3) is 0 Å². The summed E-state index contributed by atoms with van der Waals surface area (Å²) in [4.78, 5) is 30.0. The van der Waals surface area contributed by atoms with Gasteiger partial charge in [-0.3, -0.25) is 9.69 Å². The fourth-order valence-electron chi connectivity index (χ4n) is 4.25. The third kappa shape index (κ3) is 4.70. The van der Waals surface area contributed by atoms with Crippen LogP contribution in [0.5, 0.6) is 0 Å². The van der Waals surface area contributed by atoms with Gasteiger partial charge in [-0.25, -0.2) is 0 Å². The van der Waals surface area contributed by atoms with Crippen LogP contribution in [0, 0.1) is 0 Å². The van der Waals surface area contributed by atoms with Gasteiger partial charge in [-0.1, -0.05) is 13.3 Å². The summed E-state index contributed by atoms with van der Waals surface area (Å²) in [6.45, 7) is 10.3. The molecule has 5 nitrogen and oxygen atoms in total. The SMILES string of the molecule is CCCC(C)N1Cc2cc(N3CCN(CCCCC=O)CC3)ccc2C1=O. The number of hydrogen-bond donors (Lipinski definition) is 0. The molecular weight excluding hydrogens is 338 g/mol. The zero-order valence-corrected chi connectivity index (χ0v) is 16.8. The zero-order valence-electron chi connectivity index (χ0n) is 16.8. The van der Waals surface area contributed by atoms with E-state index >= 15 is 0 Å². The van der Waals surface area contributed by atoms with E-state index in [9.17, 15) is 9.59 Å². The Balaban J connectivity index is 1.56. The number of piperazine rings is 1. The maximum atomic E-state index is 12.7. The Hall–Kier alpha value is -1.88. The molecule has 148 valence electrons. The van der Waals surface area contributed by atoms with E-state index in [0.29, 0.717) is 12.5 Å². The van der Waals surface area contributed by atoms with Gasteiger partial charge >= 0.3 is 0 Å². The maximum absolute atomic E-state index is 12.7. The second-order valence-corrected chi connectivity index (χ2v) is 7.90. The average Bonchev–Trinajstić information content (AvgIpc) is 3.02. The van der Waals surface area contributed by atoms with Crippen LogP contribution in [0.3, 0.4) is 0 Å². The summed E-state index contributed by atoms with van der Waals surface area (Å²) in [5.41, 5.74) is 3.31. The van der Waals surface area contributed by atoms with Gasteiger partial charge in [-0.15, -0.1) is 0 Å². The number of amides is 1. The first-order valence-corrected chi connectivity index (χ1v) is 10.5. The van der Waals surface area contributed by atoms with Crippen LogP contribution in [0.2, 0.25) is 0 Å². The third-order valence-corrected chi connectivity index (χ3v) is 5.94. The van der Waals surface area contributed by atoms with Crippen molar-refractivity contribution in [2.24, 2.45) is 0 Å². The van der Waals surface area contributed by atoms with Crippen LogP contribution >= 0.6 is 0 Å². The van der Waals surface area contributed by atoms with E-state index in [1.807, 2.05) is 11.0 Å². The number of carbonyl (C=O) groups excluding carboxylic acids is 2. The summed E-state index contributed by atoms with van der Waals surface area (Å²) in [7, 11) is 0. The fraction of sp³-hybridized carbons (Fsp3) is 0.636. The molecule has 0 bridgehead atoms. The van der Waals surface area contributed by atoms with Crippen LogP contribution in [-0.4, -0.2) is 60.8 Å². The van der Waals surface area contributed by atoms with Crippen molar-refractivity contribution in [3.63, 3.8) is 0 Å². The third-order valence-electron chi connectivity index (χ3n) is 5.94. The van der Waals surface area contributed by atoms with E-state index in [0.717, 1.165) is 76.8 Å². The second kappa shape index (κ2) is 9.36. The minimum atomic E-state index is 0.192. The number of nitrogens with zero attached hydrogens (tertiary/aromatic N) is 3. The Labute approximate surface area is 163 Å². The zero-order chi connectivity index (χ0) is 19.2. The van der Waals surface area contributed by atoms with Gasteiger partial charge in [0.2, 0.25) is 0 Å². The summed E-state index contributed by atoms with van der Waals surface area (Å²) in [5, 5.41) is 0. The molecule has 1 unspecified atom stereocenters. The summed E-state index contributed by atoms with van der Waals surface area (Å²) < 4.78 is 0. The van der Waals surface area contributed by atoms with Crippen molar-refractivity contribution in [2.45, 2.75) is 58.5 Å². The number of fused-ring (bicyclic) bond motifs is 1. The minimum absolute atomic E-state index is 0.192. The van der Waals surface area contributed by atoms with Crippen molar-refractivity contribution < 1.29 is 9.59 Å². The number of benzene rings is 1. The molecule has 1 atom stereocenters. The van der Waals surface area contributed by atoms with E-state index in [-0.39, 0.29) is 5.91 Å². The van der Waals surface area contributed by atoms with Crippen LogP contribution in [0.1, 0.15) is 61.9 Å². The van der Waals surface area contributed by atoms with E-state index in [2.05, 4.69) is 35.8 Å². The first-order chi connectivity index (χ1) is 13.1. The molecule has 1 fully saturated rings. The maximum Gasteiger partial charge on any atom is 0.254 e. The number of carbonyl (C=O) groups is 2. The van der Waals surface area contributed by atoms with Crippen LogP contribution in [0.4, 0.5) is 5.69 Å². The standard InChI is InChI=1S/C22H33N3O2/c1-3-7-18(2)25-17-19-16-20(8-9-21(19)22(25)27)24-13-11-23(12-14-24)10-5-4-6-15-26/h8-9,15-16,18H,3-7,10-14,17H2,1-2H3. The molecule has 2 aliphatic rings. The fourth-order valence-corrected chi connectivity index (χ4v) is 4.25. The Morgan fingerprint density at radius 3 is 2.63 bits per heavy atom. The van der Waals surface area contributed by atoms with Gasteiger partial charge in [-0.05, 0) is 56.5 Å². The molecule has 0 radical (unpaired) electrons. The number of rotatable bonds is 9. The molecule has 0 spiro atoms. The van der Waals surface area contributed by atoms with Gasteiger partial charge < -0.3 is 14.6 Å². The second-order valence-electron chi connectivity index (χ2n) is 7.90. The highest BCUT2D eigenvalue weighted by atomic mass is 16.2. The molecule has 1 aromatic carbocycles. The number of unbranched alkanes of at least 4 members (excludes halogenated alkanes) is 2. The lowest BCUT2D eigenvalue weighted by atomic mass is 10.1. The number of aldehydes is 1. The molecule has 27 heavy (non-hydrogen) atoms. The molecule has 0 N–H and O–H groups in total. The highest BCUT2D eigenvalue weighted by Gasteiger charge is 2.31. The van der Waals surface area contributed by atoms with Gasteiger partial charge in [0.25, 0.3) is 5.91 Å². The lowest BCUT2D eigenvalue weighted by molar-refractivity contribution is -0.107. The van der Waals surface area contributed by atoms with Crippen molar-refractivity contribution in [3.8, 4) is 0 Å². The smallest absolute Gasteiger partial charge is 0.254 e. The molecule has 1 aromatic rings. The predicted molar refractivity (Wildman–Crippen MR) is 109 cm³/mol. The van der Waals surface area contributed by atoms with Crippen molar-refractivity contribution in [3.05, 3.63) is 29.3 Å². The van der Waals surface area contributed by atoms with E-state index in [1.165, 1.54) is 11.3 Å². The van der Waals surface area contributed by atoms with Crippen LogP contribution in [-0.2, 0) is 11.3 Å². The Bertz CT molecular complexity index is 653. The van der Waals surface area contributed by atoms with Crippen molar-refractivity contribution in [1.29, 1.82) is 0 Å². The largest absolute Gasteiger partial charge is 0.369 e. The van der Waals surface area contributed by atoms with E-state index in [4.69, 9.17) is 0 Å². The molecule has 3 rings (SSSR count). The highest BCUT2D eigenvalue weighted by molar-refractivity contribution is 5.99. The molecule has 0 aromatic heterocycles. The Morgan fingerprint density at radius 1 is 1.15 bits per heavy atom. The Kier molecular flexibility index (Phi) is 6.89. The molecule has 5 heteroatoms. The Morgan fingerprint density at radius 2 is 1.93 bits per heavy atom. The summed E-state index contributed by atoms with van der Waals surface area (Å²) in [5.74, 6) is 0.192. The van der Waals surface area contributed by atoms with Gasteiger partial charge in [0.05, 0.1) is 0 Å². The summed E-state index contributed by atoms with van der Waals surface area (Å²) in [6.07, 6.45) is 5.96. The molecule has 0 aliphatic carbocycles. The molecular formula is C22H33N3O2. The summed E-state index contributed by atoms with van der Waals surface area (Å²) >= 11 is 0.